The second-order valence-corrected chi connectivity index (χ2v) is 8.16. The van der Waals surface area contributed by atoms with E-state index < -0.39 is 0 Å². The van der Waals surface area contributed by atoms with Gasteiger partial charge in [0, 0.05) is 36.6 Å². The fourth-order valence-corrected chi connectivity index (χ4v) is 4.24. The van der Waals surface area contributed by atoms with E-state index in [1.807, 2.05) is 43.9 Å². The lowest BCUT2D eigenvalue weighted by atomic mass is 9.91. The second kappa shape index (κ2) is 8.84. The Labute approximate surface area is 183 Å². The molecule has 1 atom stereocenters. The summed E-state index contributed by atoms with van der Waals surface area (Å²) in [5.41, 5.74) is 5.54. The van der Waals surface area contributed by atoms with Crippen molar-refractivity contribution in [2.75, 3.05) is 20.2 Å². The molecule has 1 unspecified atom stereocenters. The van der Waals surface area contributed by atoms with Crippen LogP contribution in [0.4, 0.5) is 0 Å². The van der Waals surface area contributed by atoms with Crippen molar-refractivity contribution in [2.24, 2.45) is 0 Å². The Morgan fingerprint density at radius 3 is 2.71 bits per heavy atom. The monoisotopic (exact) mass is 416 g/mol. The number of likely N-dealkylation sites (tertiary alicyclic amines) is 1. The second-order valence-electron chi connectivity index (χ2n) is 8.16. The van der Waals surface area contributed by atoms with Gasteiger partial charge in [0.25, 0.3) is 5.91 Å². The van der Waals surface area contributed by atoms with Crippen molar-refractivity contribution in [1.29, 1.82) is 0 Å². The van der Waals surface area contributed by atoms with Crippen LogP contribution in [0.1, 0.15) is 52.0 Å². The van der Waals surface area contributed by atoms with E-state index in [4.69, 9.17) is 9.72 Å². The van der Waals surface area contributed by atoms with Crippen LogP contribution >= 0.6 is 0 Å². The number of carbonyl (C=O) groups is 1. The number of aryl methyl sites for hydroxylation is 3. The molecule has 0 radical (unpaired) electrons. The Morgan fingerprint density at radius 1 is 1.10 bits per heavy atom. The molecule has 1 aromatic carbocycles. The molecule has 0 bridgehead atoms. The van der Waals surface area contributed by atoms with Crippen LogP contribution in [0.2, 0.25) is 0 Å². The van der Waals surface area contributed by atoms with E-state index in [0.717, 1.165) is 53.3 Å². The third-order valence-electron chi connectivity index (χ3n) is 5.83. The molecular weight excluding hydrogens is 388 g/mol. The number of ether oxygens (including phenoxy) is 1. The summed E-state index contributed by atoms with van der Waals surface area (Å²) in [4.78, 5) is 28.5. The van der Waals surface area contributed by atoms with Crippen molar-refractivity contribution >= 4 is 5.91 Å². The highest BCUT2D eigenvalue weighted by Gasteiger charge is 2.28. The molecule has 0 aliphatic carbocycles. The number of hydrogen-bond donors (Lipinski definition) is 0. The first-order valence-electron chi connectivity index (χ1n) is 10.7. The molecule has 3 aromatic rings. The van der Waals surface area contributed by atoms with E-state index in [2.05, 4.69) is 28.2 Å². The minimum absolute atomic E-state index is 0.00266. The summed E-state index contributed by atoms with van der Waals surface area (Å²) in [6.45, 7) is 7.12. The Bertz CT molecular complexity index is 1110. The maximum absolute atomic E-state index is 13.1. The number of piperidine rings is 1. The van der Waals surface area contributed by atoms with Gasteiger partial charge < -0.3 is 9.64 Å². The van der Waals surface area contributed by atoms with Crippen molar-refractivity contribution in [3.05, 3.63) is 71.1 Å². The molecule has 4 rings (SSSR count). The minimum Gasteiger partial charge on any atom is -0.497 e. The van der Waals surface area contributed by atoms with Gasteiger partial charge in [0.1, 0.15) is 11.6 Å². The highest BCUT2D eigenvalue weighted by molar-refractivity contribution is 5.95. The zero-order valence-electron chi connectivity index (χ0n) is 18.6. The molecule has 6 heteroatoms. The number of aromatic nitrogens is 3. The molecular formula is C25H28N4O2. The predicted octanol–water partition coefficient (Wildman–Crippen LogP) is 4.49. The lowest BCUT2D eigenvalue weighted by molar-refractivity contribution is 0.0704. The van der Waals surface area contributed by atoms with Crippen molar-refractivity contribution < 1.29 is 9.53 Å². The summed E-state index contributed by atoms with van der Waals surface area (Å²) in [6.07, 6.45) is 3.61. The number of methoxy groups -OCH3 is 1. The van der Waals surface area contributed by atoms with Gasteiger partial charge in [-0.25, -0.2) is 9.97 Å². The van der Waals surface area contributed by atoms with Gasteiger partial charge in [0.05, 0.1) is 18.4 Å². The van der Waals surface area contributed by atoms with Gasteiger partial charge in [0.15, 0.2) is 0 Å². The van der Waals surface area contributed by atoms with E-state index in [0.29, 0.717) is 17.9 Å². The van der Waals surface area contributed by atoms with Crippen molar-refractivity contribution in [1.82, 2.24) is 19.9 Å². The number of rotatable bonds is 4. The molecule has 0 spiro atoms. The fraction of sp³-hybridized carbons (Fsp3) is 0.360. The zero-order valence-corrected chi connectivity index (χ0v) is 18.6. The van der Waals surface area contributed by atoms with Gasteiger partial charge in [-0.15, -0.1) is 0 Å². The van der Waals surface area contributed by atoms with E-state index >= 15 is 0 Å². The third kappa shape index (κ3) is 4.58. The molecule has 2 aromatic heterocycles. The summed E-state index contributed by atoms with van der Waals surface area (Å²) in [5, 5.41) is 0. The molecule has 1 aliphatic heterocycles. The van der Waals surface area contributed by atoms with Crippen LogP contribution in [0.3, 0.4) is 0 Å². The molecule has 160 valence electrons. The minimum atomic E-state index is 0.00266. The number of carbonyl (C=O) groups excluding carboxylic acids is 1. The lowest BCUT2D eigenvalue weighted by Crippen LogP contribution is -2.39. The number of amides is 1. The summed E-state index contributed by atoms with van der Waals surface area (Å²) in [5.74, 6) is 1.72. The number of nitrogens with zero attached hydrogens (tertiary/aromatic N) is 4. The highest BCUT2D eigenvalue weighted by atomic mass is 16.5. The molecule has 1 aliphatic rings. The lowest BCUT2D eigenvalue weighted by Gasteiger charge is -2.33. The van der Waals surface area contributed by atoms with Crippen molar-refractivity contribution in [3.63, 3.8) is 0 Å². The van der Waals surface area contributed by atoms with Gasteiger partial charge in [-0.05, 0) is 69.0 Å². The van der Waals surface area contributed by atoms with Crippen LogP contribution in [-0.2, 0) is 0 Å². The SMILES string of the molecule is COc1cccc(-c2cc(C)nc(C3CCCN(C(=O)c4cnc(C)nc4C)C3)c2)c1. The molecule has 6 nitrogen and oxygen atoms in total. The summed E-state index contributed by atoms with van der Waals surface area (Å²) < 4.78 is 5.38. The maximum atomic E-state index is 13.1. The molecule has 0 N–H and O–H groups in total. The normalized spacial score (nSPS) is 16.3. The van der Waals surface area contributed by atoms with Gasteiger partial charge in [-0.1, -0.05) is 12.1 Å². The number of benzene rings is 1. The van der Waals surface area contributed by atoms with Crippen LogP contribution in [0, 0.1) is 20.8 Å². The highest BCUT2D eigenvalue weighted by Crippen LogP contribution is 2.31. The zero-order chi connectivity index (χ0) is 22.0. The van der Waals surface area contributed by atoms with Crippen LogP contribution < -0.4 is 4.74 Å². The van der Waals surface area contributed by atoms with E-state index in [9.17, 15) is 4.79 Å². The van der Waals surface area contributed by atoms with Gasteiger partial charge in [0.2, 0.25) is 0 Å². The van der Waals surface area contributed by atoms with Crippen LogP contribution in [0.15, 0.2) is 42.6 Å². The van der Waals surface area contributed by atoms with E-state index in [1.165, 1.54) is 0 Å². The number of pyridine rings is 1. The summed E-state index contributed by atoms with van der Waals surface area (Å²) in [7, 11) is 1.68. The maximum Gasteiger partial charge on any atom is 0.257 e. The fourth-order valence-electron chi connectivity index (χ4n) is 4.24. The molecule has 0 saturated carbocycles. The van der Waals surface area contributed by atoms with Gasteiger partial charge in [-0.2, -0.15) is 0 Å². The Morgan fingerprint density at radius 2 is 1.94 bits per heavy atom. The van der Waals surface area contributed by atoms with Gasteiger partial charge in [-0.3, -0.25) is 9.78 Å². The van der Waals surface area contributed by atoms with E-state index in [-0.39, 0.29) is 11.8 Å². The van der Waals surface area contributed by atoms with Crippen LogP contribution in [-0.4, -0.2) is 46.0 Å². The molecule has 1 fully saturated rings. The summed E-state index contributed by atoms with van der Waals surface area (Å²) in [6, 6.07) is 12.3. The van der Waals surface area contributed by atoms with Gasteiger partial charge >= 0.3 is 0 Å². The largest absolute Gasteiger partial charge is 0.497 e. The van der Waals surface area contributed by atoms with Crippen LogP contribution in [0.5, 0.6) is 5.75 Å². The summed E-state index contributed by atoms with van der Waals surface area (Å²) >= 11 is 0. The van der Waals surface area contributed by atoms with E-state index in [1.54, 1.807) is 13.3 Å². The average Bonchev–Trinajstić information content (AvgIpc) is 2.78. The average molecular weight is 417 g/mol. The standard InChI is InChI=1S/C25H28N4O2/c1-16-11-21(19-7-5-9-22(12-19)31-4)13-24(27-16)20-8-6-10-29(15-20)25(30)23-14-26-18(3)28-17(23)2/h5,7,9,11-14,20H,6,8,10,15H2,1-4H3. The smallest absolute Gasteiger partial charge is 0.257 e. The van der Waals surface area contributed by atoms with Crippen molar-refractivity contribution in [2.45, 2.75) is 39.5 Å². The quantitative estimate of drug-likeness (QED) is 0.627. The Kier molecular flexibility index (Phi) is 5.98. The molecule has 31 heavy (non-hydrogen) atoms. The predicted molar refractivity (Wildman–Crippen MR) is 120 cm³/mol. The van der Waals surface area contributed by atoms with Crippen molar-refractivity contribution in [3.8, 4) is 16.9 Å². The van der Waals surface area contributed by atoms with Crippen LogP contribution in [0.25, 0.3) is 11.1 Å². The first kappa shape index (κ1) is 21.0. The Balaban J connectivity index is 1.59. The third-order valence-corrected chi connectivity index (χ3v) is 5.83. The molecule has 1 amide bonds. The first-order chi connectivity index (χ1) is 14.9. The topological polar surface area (TPSA) is 68.2 Å². The Hall–Kier alpha value is -3.28. The number of hydrogen-bond acceptors (Lipinski definition) is 5. The molecule has 3 heterocycles. The molecule has 1 saturated heterocycles. The first-order valence-corrected chi connectivity index (χ1v) is 10.7.